The van der Waals surface area contributed by atoms with Gasteiger partial charge in [0.15, 0.2) is 0 Å². The van der Waals surface area contributed by atoms with Crippen molar-refractivity contribution in [3.63, 3.8) is 0 Å². The van der Waals surface area contributed by atoms with Gasteiger partial charge in [0.05, 0.1) is 0 Å². The second-order valence-corrected chi connectivity index (χ2v) is 3.51. The fourth-order valence-electron chi connectivity index (χ4n) is 1.24. The molecule has 0 saturated carbocycles. The first-order chi connectivity index (χ1) is 5.81. The molecule has 74 valence electrons. The van der Waals surface area contributed by atoms with Crippen molar-refractivity contribution in [3.05, 3.63) is 0 Å². The Labute approximate surface area is 77.1 Å². The predicted octanol–water partition coefficient (Wildman–Crippen LogP) is 1.85. The average Bonchev–Trinajstić information content (AvgIpc) is 2.09. The van der Waals surface area contributed by atoms with E-state index in [1.54, 1.807) is 0 Å². The van der Waals surface area contributed by atoms with E-state index in [1.807, 2.05) is 0 Å². The summed E-state index contributed by atoms with van der Waals surface area (Å²) in [5, 5.41) is 0. The molecule has 0 spiro atoms. The van der Waals surface area contributed by atoms with Crippen LogP contribution in [0.1, 0.15) is 39.0 Å². The van der Waals surface area contributed by atoms with Gasteiger partial charge in [-0.3, -0.25) is 0 Å². The lowest BCUT2D eigenvalue weighted by Crippen LogP contribution is -2.20. The Morgan fingerprint density at radius 3 is 2.25 bits per heavy atom. The minimum Gasteiger partial charge on any atom is -0.330 e. The van der Waals surface area contributed by atoms with Crippen LogP contribution in [0.4, 0.5) is 0 Å². The fraction of sp³-hybridized carbons (Fsp3) is 1.00. The molecule has 2 heteroatoms. The van der Waals surface area contributed by atoms with Crippen LogP contribution in [0.2, 0.25) is 0 Å². The van der Waals surface area contributed by atoms with E-state index in [4.69, 9.17) is 5.73 Å². The van der Waals surface area contributed by atoms with Gasteiger partial charge in [-0.1, -0.05) is 19.8 Å². The van der Waals surface area contributed by atoms with E-state index in [0.29, 0.717) is 0 Å². The third kappa shape index (κ3) is 8.02. The summed E-state index contributed by atoms with van der Waals surface area (Å²) >= 11 is 0. The van der Waals surface area contributed by atoms with Gasteiger partial charge in [0, 0.05) is 0 Å². The molecule has 0 aliphatic carbocycles. The first-order valence-corrected chi connectivity index (χ1v) is 5.20. The molecule has 0 rings (SSSR count). The van der Waals surface area contributed by atoms with E-state index in [-0.39, 0.29) is 0 Å². The lowest BCUT2D eigenvalue weighted by atomic mass is 10.2. The van der Waals surface area contributed by atoms with Crippen LogP contribution in [0.15, 0.2) is 0 Å². The van der Waals surface area contributed by atoms with Crippen LogP contribution in [0, 0.1) is 0 Å². The Bertz CT molecular complexity index is 83.9. The number of unbranched alkanes of at least 4 members (excludes halogenated alkanes) is 3. The third-order valence-corrected chi connectivity index (χ3v) is 2.14. The Balaban J connectivity index is 3.02. The first kappa shape index (κ1) is 11.9. The molecule has 2 N–H and O–H groups in total. The molecule has 0 saturated heterocycles. The highest BCUT2D eigenvalue weighted by molar-refractivity contribution is 4.52. The van der Waals surface area contributed by atoms with Gasteiger partial charge >= 0.3 is 0 Å². The van der Waals surface area contributed by atoms with Crippen molar-refractivity contribution >= 4 is 0 Å². The van der Waals surface area contributed by atoms with E-state index in [9.17, 15) is 0 Å². The average molecular weight is 172 g/mol. The number of rotatable bonds is 8. The summed E-state index contributed by atoms with van der Waals surface area (Å²) in [5.41, 5.74) is 5.41. The highest BCUT2D eigenvalue weighted by Gasteiger charge is 1.95. The SMILES string of the molecule is CCCCN(C)CCCCCN. The summed E-state index contributed by atoms with van der Waals surface area (Å²) in [5.74, 6) is 0. The van der Waals surface area contributed by atoms with Crippen molar-refractivity contribution in [1.29, 1.82) is 0 Å². The molecule has 0 heterocycles. The minimum absolute atomic E-state index is 0.846. The van der Waals surface area contributed by atoms with E-state index in [0.717, 1.165) is 6.54 Å². The molecular weight excluding hydrogens is 148 g/mol. The second kappa shape index (κ2) is 9.01. The molecule has 0 aromatic carbocycles. The topological polar surface area (TPSA) is 29.3 Å². The molecule has 0 unspecified atom stereocenters. The van der Waals surface area contributed by atoms with Gasteiger partial charge < -0.3 is 10.6 Å². The smallest absolute Gasteiger partial charge is 0.00218 e. The van der Waals surface area contributed by atoms with E-state index < -0.39 is 0 Å². The van der Waals surface area contributed by atoms with Gasteiger partial charge in [-0.15, -0.1) is 0 Å². The van der Waals surface area contributed by atoms with Crippen LogP contribution in [-0.2, 0) is 0 Å². The first-order valence-electron chi connectivity index (χ1n) is 5.20. The lowest BCUT2D eigenvalue weighted by molar-refractivity contribution is 0.319. The van der Waals surface area contributed by atoms with Crippen molar-refractivity contribution in [2.24, 2.45) is 5.73 Å². The summed E-state index contributed by atoms with van der Waals surface area (Å²) in [4.78, 5) is 2.42. The van der Waals surface area contributed by atoms with Gasteiger partial charge in [-0.2, -0.15) is 0 Å². The molecule has 0 bridgehead atoms. The van der Waals surface area contributed by atoms with Gasteiger partial charge in [0.1, 0.15) is 0 Å². The van der Waals surface area contributed by atoms with Gasteiger partial charge in [0.25, 0.3) is 0 Å². The highest BCUT2D eigenvalue weighted by Crippen LogP contribution is 1.97. The maximum absolute atomic E-state index is 5.41. The van der Waals surface area contributed by atoms with E-state index >= 15 is 0 Å². The van der Waals surface area contributed by atoms with Crippen LogP contribution >= 0.6 is 0 Å². The zero-order valence-electron chi connectivity index (χ0n) is 8.68. The molecule has 0 amide bonds. The normalized spacial score (nSPS) is 11.0. The summed E-state index contributed by atoms with van der Waals surface area (Å²) < 4.78 is 0. The van der Waals surface area contributed by atoms with E-state index in [1.165, 1.54) is 45.2 Å². The van der Waals surface area contributed by atoms with Crippen molar-refractivity contribution in [3.8, 4) is 0 Å². The minimum atomic E-state index is 0.846. The third-order valence-electron chi connectivity index (χ3n) is 2.14. The Kier molecular flexibility index (Phi) is 8.95. The summed E-state index contributed by atoms with van der Waals surface area (Å²) in [6, 6.07) is 0. The molecule has 0 fully saturated rings. The van der Waals surface area contributed by atoms with Crippen molar-refractivity contribution in [2.45, 2.75) is 39.0 Å². The fourth-order valence-corrected chi connectivity index (χ4v) is 1.24. The van der Waals surface area contributed by atoms with Crippen LogP contribution in [0.5, 0.6) is 0 Å². The van der Waals surface area contributed by atoms with Crippen LogP contribution in [-0.4, -0.2) is 31.6 Å². The molecule has 12 heavy (non-hydrogen) atoms. The molecule has 0 atom stereocenters. The van der Waals surface area contributed by atoms with Gasteiger partial charge in [-0.25, -0.2) is 0 Å². The van der Waals surface area contributed by atoms with Crippen LogP contribution in [0.25, 0.3) is 0 Å². The Morgan fingerprint density at radius 1 is 1.00 bits per heavy atom. The molecular formula is C10H24N2. The van der Waals surface area contributed by atoms with Crippen molar-refractivity contribution in [2.75, 3.05) is 26.7 Å². The van der Waals surface area contributed by atoms with Crippen molar-refractivity contribution in [1.82, 2.24) is 4.90 Å². The number of nitrogens with zero attached hydrogens (tertiary/aromatic N) is 1. The largest absolute Gasteiger partial charge is 0.330 e. The Morgan fingerprint density at radius 2 is 1.67 bits per heavy atom. The summed E-state index contributed by atoms with van der Waals surface area (Å²) in [7, 11) is 2.21. The van der Waals surface area contributed by atoms with E-state index in [2.05, 4.69) is 18.9 Å². The monoisotopic (exact) mass is 172 g/mol. The maximum Gasteiger partial charge on any atom is -0.00218 e. The summed E-state index contributed by atoms with van der Waals surface area (Å²) in [6.45, 7) is 5.57. The zero-order chi connectivity index (χ0) is 9.23. The lowest BCUT2D eigenvalue weighted by Gasteiger charge is -2.15. The Hall–Kier alpha value is -0.0800. The molecule has 0 radical (unpaired) electrons. The molecule has 0 aliphatic rings. The van der Waals surface area contributed by atoms with Crippen molar-refractivity contribution < 1.29 is 0 Å². The molecule has 0 aromatic rings. The predicted molar refractivity (Wildman–Crippen MR) is 55.3 cm³/mol. The number of hydrogen-bond acceptors (Lipinski definition) is 2. The maximum atomic E-state index is 5.41. The number of hydrogen-bond donors (Lipinski definition) is 1. The zero-order valence-corrected chi connectivity index (χ0v) is 8.68. The standard InChI is InChI=1S/C10H24N2/c1-3-4-9-12(2)10-7-5-6-8-11/h3-11H2,1-2H3. The molecule has 2 nitrogen and oxygen atoms in total. The van der Waals surface area contributed by atoms with Gasteiger partial charge in [0.2, 0.25) is 0 Å². The van der Waals surface area contributed by atoms with Crippen LogP contribution < -0.4 is 5.73 Å². The second-order valence-electron chi connectivity index (χ2n) is 3.51. The molecule has 0 aliphatic heterocycles. The van der Waals surface area contributed by atoms with Crippen LogP contribution in [0.3, 0.4) is 0 Å². The highest BCUT2D eigenvalue weighted by atomic mass is 15.1. The summed E-state index contributed by atoms with van der Waals surface area (Å²) in [6.07, 6.45) is 6.40. The number of nitrogens with two attached hydrogens (primary N) is 1. The molecule has 0 aromatic heterocycles. The quantitative estimate of drug-likeness (QED) is 0.566. The van der Waals surface area contributed by atoms with Gasteiger partial charge in [-0.05, 0) is 45.9 Å².